The van der Waals surface area contributed by atoms with E-state index in [9.17, 15) is 39.3 Å². The van der Waals surface area contributed by atoms with Gasteiger partial charge in [-0.2, -0.15) is 0 Å². The minimum absolute atomic E-state index is 0.141. The van der Waals surface area contributed by atoms with Gasteiger partial charge in [-0.3, -0.25) is 14.4 Å². The molecule has 0 unspecified atom stereocenters. The Bertz CT molecular complexity index is 1320. The van der Waals surface area contributed by atoms with Gasteiger partial charge < -0.3 is 30.1 Å². The first-order valence-electron chi connectivity index (χ1n) is 17.6. The SMILES string of the molecule is CC#CCOc1ccc(C[C@H](NC(=O)[C@@H](/C=C/CCCCCCC(=O)CCCCCCC)[C@@](O)(CC(=O)O)C(=O)OC(C)(C)C)C(=O)O)cc1. The van der Waals surface area contributed by atoms with E-state index in [4.69, 9.17) is 9.47 Å². The summed E-state index contributed by atoms with van der Waals surface area (Å²) in [4.78, 5) is 63.2. The van der Waals surface area contributed by atoms with Crippen molar-refractivity contribution in [2.45, 2.75) is 142 Å². The Labute approximate surface area is 297 Å². The average molecular weight is 700 g/mol. The Kier molecular flexibility index (Phi) is 20.4. The molecule has 278 valence electrons. The van der Waals surface area contributed by atoms with Crippen LogP contribution in [0.4, 0.5) is 0 Å². The summed E-state index contributed by atoms with van der Waals surface area (Å²) in [6.07, 6.45) is 11.7. The number of hydrogen-bond donors (Lipinski definition) is 4. The van der Waals surface area contributed by atoms with E-state index in [0.717, 1.165) is 44.9 Å². The van der Waals surface area contributed by atoms with Crippen molar-refractivity contribution < 1.29 is 48.8 Å². The van der Waals surface area contributed by atoms with Crippen LogP contribution in [0.25, 0.3) is 0 Å². The maximum Gasteiger partial charge on any atom is 0.340 e. The predicted octanol–water partition coefficient (Wildman–Crippen LogP) is 6.19. The predicted molar refractivity (Wildman–Crippen MR) is 190 cm³/mol. The number of ether oxygens (including phenoxy) is 2. The molecule has 0 aromatic heterocycles. The standard InChI is InChI=1S/C39H57NO10/c1-6-8-10-13-16-19-30(41)20-17-14-11-12-15-18-21-32(39(48,28-34(42)43)37(47)50-38(3,4)5)35(44)40-33(36(45)46)27-29-22-24-31(25-23-29)49-26-9-7-2/h18,21-25,32-33,48H,6,8,10-17,19-20,26-28H2,1-5H3,(H,40,44)(H,42,43)(H,45,46)/b21-18+/t32-,33+,39+/m1/s1. The molecule has 11 nitrogen and oxygen atoms in total. The van der Waals surface area contributed by atoms with Gasteiger partial charge in [0, 0.05) is 19.3 Å². The number of hydrogen-bond acceptors (Lipinski definition) is 8. The number of carbonyl (C=O) groups excluding carboxylic acids is 3. The van der Waals surface area contributed by atoms with Crippen molar-refractivity contribution in [3.8, 4) is 17.6 Å². The largest absolute Gasteiger partial charge is 0.481 e. The van der Waals surface area contributed by atoms with Crippen LogP contribution in [0, 0.1) is 17.8 Å². The fraction of sp³-hybridized carbons (Fsp3) is 0.615. The molecule has 0 bridgehead atoms. The number of rotatable bonds is 25. The van der Waals surface area contributed by atoms with Gasteiger partial charge in [-0.1, -0.05) is 75.7 Å². The third-order valence-corrected chi connectivity index (χ3v) is 7.90. The third-order valence-electron chi connectivity index (χ3n) is 7.90. The number of esters is 1. The maximum absolute atomic E-state index is 13.7. The van der Waals surface area contributed by atoms with E-state index < -0.39 is 53.4 Å². The lowest BCUT2D eigenvalue weighted by molar-refractivity contribution is -0.187. The number of aliphatic hydroxyl groups is 1. The molecule has 1 amide bonds. The van der Waals surface area contributed by atoms with Crippen molar-refractivity contribution >= 4 is 29.6 Å². The number of unbranched alkanes of at least 4 members (excludes halogenated alkanes) is 8. The van der Waals surface area contributed by atoms with Gasteiger partial charge in [-0.25, -0.2) is 9.59 Å². The van der Waals surface area contributed by atoms with Gasteiger partial charge in [0.25, 0.3) is 0 Å². The second-order valence-corrected chi connectivity index (χ2v) is 13.5. The summed E-state index contributed by atoms with van der Waals surface area (Å²) in [6.45, 7) is 8.64. The Morgan fingerprint density at radius 3 is 2.04 bits per heavy atom. The molecule has 1 aromatic rings. The van der Waals surface area contributed by atoms with Crippen molar-refractivity contribution in [1.82, 2.24) is 5.32 Å². The molecule has 11 heteroatoms. The van der Waals surface area contributed by atoms with E-state index in [-0.39, 0.29) is 18.8 Å². The van der Waals surface area contributed by atoms with E-state index in [1.54, 1.807) is 37.3 Å². The normalized spacial score (nSPS) is 13.7. The molecule has 0 aliphatic heterocycles. The first kappa shape index (κ1) is 43.9. The molecule has 50 heavy (non-hydrogen) atoms. The first-order chi connectivity index (χ1) is 23.6. The van der Waals surface area contributed by atoms with Crippen molar-refractivity contribution in [1.29, 1.82) is 0 Å². The van der Waals surface area contributed by atoms with Crippen LogP contribution >= 0.6 is 0 Å². The lowest BCUT2D eigenvalue weighted by Crippen LogP contribution is -2.56. The second-order valence-electron chi connectivity index (χ2n) is 13.5. The second kappa shape index (κ2) is 23.3. The monoisotopic (exact) mass is 699 g/mol. The molecule has 1 rings (SSSR count). The number of allylic oxidation sites excluding steroid dienone is 1. The molecule has 4 N–H and O–H groups in total. The van der Waals surface area contributed by atoms with Crippen molar-refractivity contribution in [3.05, 3.63) is 42.0 Å². The van der Waals surface area contributed by atoms with Crippen LogP contribution in [0.3, 0.4) is 0 Å². The Morgan fingerprint density at radius 1 is 0.900 bits per heavy atom. The number of benzene rings is 1. The molecule has 3 atom stereocenters. The highest BCUT2D eigenvalue weighted by Crippen LogP contribution is 2.29. The highest BCUT2D eigenvalue weighted by Gasteiger charge is 2.51. The Balaban J connectivity index is 3.04. The Hall–Kier alpha value is -4.17. The number of nitrogens with one attached hydrogen (secondary N) is 1. The van der Waals surface area contributed by atoms with Crippen molar-refractivity contribution in [2.24, 2.45) is 5.92 Å². The van der Waals surface area contributed by atoms with Crippen LogP contribution in [0.1, 0.15) is 124 Å². The third kappa shape index (κ3) is 18.0. The van der Waals surface area contributed by atoms with Gasteiger partial charge in [-0.15, -0.1) is 5.92 Å². The van der Waals surface area contributed by atoms with E-state index >= 15 is 0 Å². The molecule has 0 saturated heterocycles. The van der Waals surface area contributed by atoms with Gasteiger partial charge in [0.1, 0.15) is 29.8 Å². The van der Waals surface area contributed by atoms with E-state index in [0.29, 0.717) is 37.0 Å². The number of aliphatic carboxylic acids is 2. The van der Waals surface area contributed by atoms with E-state index in [2.05, 4.69) is 24.1 Å². The number of Topliss-reactive ketones (excluding diaryl/α,β-unsaturated/α-hetero) is 1. The number of amides is 1. The van der Waals surface area contributed by atoms with Crippen LogP contribution in [0.5, 0.6) is 5.75 Å². The smallest absolute Gasteiger partial charge is 0.340 e. The summed E-state index contributed by atoms with van der Waals surface area (Å²) >= 11 is 0. The maximum atomic E-state index is 13.7. The summed E-state index contributed by atoms with van der Waals surface area (Å²) < 4.78 is 10.8. The molecular weight excluding hydrogens is 642 g/mol. The van der Waals surface area contributed by atoms with Crippen molar-refractivity contribution in [2.75, 3.05) is 6.61 Å². The lowest BCUT2D eigenvalue weighted by Gasteiger charge is -2.33. The number of carbonyl (C=O) groups is 5. The fourth-order valence-corrected chi connectivity index (χ4v) is 5.20. The van der Waals surface area contributed by atoms with Gasteiger partial charge in [0.2, 0.25) is 5.91 Å². The zero-order valence-corrected chi connectivity index (χ0v) is 30.4. The number of carboxylic acid groups (broad SMARTS) is 2. The average Bonchev–Trinajstić information content (AvgIpc) is 3.03. The molecule has 0 fully saturated rings. The summed E-state index contributed by atoms with van der Waals surface area (Å²) in [5.41, 5.74) is -3.40. The summed E-state index contributed by atoms with van der Waals surface area (Å²) in [5.74, 6) is -0.771. The zero-order valence-electron chi connectivity index (χ0n) is 30.4. The van der Waals surface area contributed by atoms with Crippen molar-refractivity contribution in [3.63, 3.8) is 0 Å². The van der Waals surface area contributed by atoms with Crippen LogP contribution in [-0.4, -0.2) is 68.8 Å². The topological polar surface area (TPSA) is 177 Å². The zero-order chi connectivity index (χ0) is 37.6. The molecule has 0 aliphatic rings. The van der Waals surface area contributed by atoms with Gasteiger partial charge in [0.05, 0.1) is 12.3 Å². The van der Waals surface area contributed by atoms with Crippen LogP contribution in [-0.2, 0) is 35.1 Å². The highest BCUT2D eigenvalue weighted by atomic mass is 16.6. The molecular formula is C39H57NO10. The minimum atomic E-state index is -2.83. The van der Waals surface area contributed by atoms with E-state index in [1.807, 2.05) is 0 Å². The minimum Gasteiger partial charge on any atom is -0.481 e. The lowest BCUT2D eigenvalue weighted by atomic mass is 9.82. The fourth-order valence-electron chi connectivity index (χ4n) is 5.20. The summed E-state index contributed by atoms with van der Waals surface area (Å²) in [5, 5.41) is 33.5. The molecule has 0 radical (unpaired) electrons. The van der Waals surface area contributed by atoms with Gasteiger partial charge >= 0.3 is 17.9 Å². The molecule has 0 saturated carbocycles. The Morgan fingerprint density at radius 2 is 1.50 bits per heavy atom. The van der Waals surface area contributed by atoms with Crippen LogP contribution in [0.2, 0.25) is 0 Å². The molecule has 0 spiro atoms. The highest BCUT2D eigenvalue weighted by molar-refractivity contribution is 5.95. The number of carboxylic acids is 2. The quantitative estimate of drug-likeness (QED) is 0.0398. The van der Waals surface area contributed by atoms with Crippen LogP contribution in [0.15, 0.2) is 36.4 Å². The molecule has 1 aromatic carbocycles. The summed E-state index contributed by atoms with van der Waals surface area (Å²) in [6, 6.07) is 5.09. The van der Waals surface area contributed by atoms with Gasteiger partial charge in [-0.05, 0) is 71.1 Å². The summed E-state index contributed by atoms with van der Waals surface area (Å²) in [7, 11) is 0. The first-order valence-corrected chi connectivity index (χ1v) is 17.6. The number of ketones is 1. The van der Waals surface area contributed by atoms with Crippen LogP contribution < -0.4 is 10.1 Å². The molecule has 0 aliphatic carbocycles. The van der Waals surface area contributed by atoms with Gasteiger partial charge in [0.15, 0.2) is 5.60 Å². The van der Waals surface area contributed by atoms with E-state index in [1.165, 1.54) is 33.3 Å². The molecule has 0 heterocycles.